The molecule has 1 aliphatic rings. The van der Waals surface area contributed by atoms with Crippen molar-refractivity contribution in [1.29, 1.82) is 0 Å². The molecule has 0 amide bonds. The molecule has 2 aromatic carbocycles. The van der Waals surface area contributed by atoms with Crippen LogP contribution in [0.5, 0.6) is 0 Å². The number of carbonyl (C=O) groups is 2. The smallest absolute Gasteiger partial charge is 0.244 e. The molecule has 0 radical (unpaired) electrons. The molecule has 0 spiro atoms. The van der Waals surface area contributed by atoms with E-state index in [4.69, 9.17) is 0 Å². The number of rotatable bonds is 3. The van der Waals surface area contributed by atoms with Gasteiger partial charge in [-0.1, -0.05) is 48.9 Å². The van der Waals surface area contributed by atoms with Crippen molar-refractivity contribution < 1.29 is 18.0 Å². The fraction of sp³-hybridized carbons (Fsp3) is 0.222. The van der Waals surface area contributed by atoms with Gasteiger partial charge in [0.15, 0.2) is 17.6 Å². The lowest BCUT2D eigenvalue weighted by molar-refractivity contribution is 0.0771. The van der Waals surface area contributed by atoms with Crippen molar-refractivity contribution in [1.82, 2.24) is 4.31 Å². The van der Waals surface area contributed by atoms with Gasteiger partial charge in [0.25, 0.3) is 0 Å². The molecule has 1 heterocycles. The number of sulfonamides is 1. The van der Waals surface area contributed by atoms with Crippen LogP contribution in [0.1, 0.15) is 33.2 Å². The van der Waals surface area contributed by atoms with Crippen molar-refractivity contribution in [2.45, 2.75) is 24.8 Å². The van der Waals surface area contributed by atoms with E-state index in [1.165, 1.54) is 12.1 Å². The summed E-state index contributed by atoms with van der Waals surface area (Å²) in [6, 6.07) is 11.4. The molecule has 0 fully saturated rings. The van der Waals surface area contributed by atoms with E-state index < -0.39 is 27.6 Å². The van der Waals surface area contributed by atoms with Gasteiger partial charge < -0.3 is 0 Å². The third-order valence-electron chi connectivity index (χ3n) is 4.17. The van der Waals surface area contributed by atoms with Crippen molar-refractivity contribution in [2.24, 2.45) is 0 Å². The molecule has 1 atom stereocenters. The number of hydrogen-bond donors (Lipinski definition) is 0. The first kappa shape index (κ1) is 16.5. The number of fused-ring (bicyclic) bond motifs is 1. The number of hydrogen-bond acceptors (Lipinski definition) is 4. The molecule has 0 saturated carbocycles. The van der Waals surface area contributed by atoms with Gasteiger partial charge in [0.2, 0.25) is 10.0 Å². The van der Waals surface area contributed by atoms with Crippen LogP contribution in [-0.2, 0) is 10.0 Å². The van der Waals surface area contributed by atoms with Gasteiger partial charge in [0, 0.05) is 17.7 Å². The predicted octanol–water partition coefficient (Wildman–Crippen LogP) is 2.45. The highest BCUT2D eigenvalue weighted by molar-refractivity contribution is 7.89. The zero-order valence-corrected chi connectivity index (χ0v) is 14.2. The Morgan fingerprint density at radius 1 is 1.08 bits per heavy atom. The van der Waals surface area contributed by atoms with E-state index in [-0.39, 0.29) is 17.0 Å². The van der Waals surface area contributed by atoms with Crippen LogP contribution in [0.4, 0.5) is 0 Å². The number of Topliss-reactive ketones (excluding diaryl/α,β-unsaturated/α-hetero) is 2. The molecule has 3 rings (SSSR count). The average Bonchev–Trinajstić information content (AvgIpc) is 2.58. The summed E-state index contributed by atoms with van der Waals surface area (Å²) >= 11 is 0. The Bertz CT molecular complexity index is 916. The number of carbonyl (C=O) groups excluding carboxylic acids is 2. The molecule has 0 N–H and O–H groups in total. The highest BCUT2D eigenvalue weighted by atomic mass is 32.2. The highest BCUT2D eigenvalue weighted by Gasteiger charge is 2.46. The van der Waals surface area contributed by atoms with Gasteiger partial charge in [-0.2, -0.15) is 4.31 Å². The first-order valence-electron chi connectivity index (χ1n) is 7.64. The summed E-state index contributed by atoms with van der Waals surface area (Å²) < 4.78 is 26.6. The molecular formula is C18H17NO4S. The van der Waals surface area contributed by atoms with E-state index in [0.717, 1.165) is 9.87 Å². The SMILES string of the molecule is CCN1C(C(=O)c2ccc(C)cc2)C(=O)c2ccccc2S1(=O)=O. The molecule has 2 aromatic rings. The van der Waals surface area contributed by atoms with E-state index in [1.54, 1.807) is 43.3 Å². The second-order valence-corrected chi connectivity index (χ2v) is 7.56. The maximum Gasteiger partial charge on any atom is 0.244 e. The van der Waals surface area contributed by atoms with Gasteiger partial charge in [0.05, 0.1) is 4.90 Å². The van der Waals surface area contributed by atoms with Crippen molar-refractivity contribution in [3.05, 3.63) is 65.2 Å². The van der Waals surface area contributed by atoms with Crippen molar-refractivity contribution in [3.63, 3.8) is 0 Å². The monoisotopic (exact) mass is 343 g/mol. The average molecular weight is 343 g/mol. The summed E-state index contributed by atoms with van der Waals surface area (Å²) in [4.78, 5) is 25.7. The Kier molecular flexibility index (Phi) is 4.11. The standard InChI is InChI=1S/C18H17NO4S/c1-3-19-16(17(20)13-10-8-12(2)9-11-13)18(21)14-6-4-5-7-15(14)24(19,22)23/h4-11,16H,3H2,1-2H3. The van der Waals surface area contributed by atoms with Gasteiger partial charge in [-0.15, -0.1) is 0 Å². The third-order valence-corrected chi connectivity index (χ3v) is 6.17. The number of aryl methyl sites for hydroxylation is 1. The van der Waals surface area contributed by atoms with Crippen LogP contribution in [0.25, 0.3) is 0 Å². The van der Waals surface area contributed by atoms with E-state index in [0.29, 0.717) is 5.56 Å². The Morgan fingerprint density at radius 3 is 2.33 bits per heavy atom. The minimum Gasteiger partial charge on any atom is -0.292 e. The van der Waals surface area contributed by atoms with Crippen LogP contribution >= 0.6 is 0 Å². The molecule has 24 heavy (non-hydrogen) atoms. The van der Waals surface area contributed by atoms with Crippen molar-refractivity contribution in [3.8, 4) is 0 Å². The topological polar surface area (TPSA) is 71.5 Å². The molecule has 124 valence electrons. The molecule has 6 heteroatoms. The lowest BCUT2D eigenvalue weighted by atomic mass is 9.95. The van der Waals surface area contributed by atoms with Crippen LogP contribution in [0.2, 0.25) is 0 Å². The van der Waals surface area contributed by atoms with Crippen molar-refractivity contribution >= 4 is 21.6 Å². The molecule has 1 aliphatic heterocycles. The van der Waals surface area contributed by atoms with Gasteiger partial charge in [0.1, 0.15) is 0 Å². The molecule has 1 unspecified atom stereocenters. The Morgan fingerprint density at radius 2 is 1.71 bits per heavy atom. The van der Waals surface area contributed by atoms with Crippen LogP contribution < -0.4 is 0 Å². The summed E-state index contributed by atoms with van der Waals surface area (Å²) in [6.45, 7) is 3.55. The molecule has 5 nitrogen and oxygen atoms in total. The highest BCUT2D eigenvalue weighted by Crippen LogP contribution is 2.31. The molecule has 0 saturated heterocycles. The fourth-order valence-electron chi connectivity index (χ4n) is 2.92. The van der Waals surface area contributed by atoms with E-state index >= 15 is 0 Å². The van der Waals surface area contributed by atoms with Crippen molar-refractivity contribution in [2.75, 3.05) is 6.54 Å². The van der Waals surface area contributed by atoms with E-state index in [2.05, 4.69) is 0 Å². The van der Waals surface area contributed by atoms with Crippen LogP contribution in [-0.4, -0.2) is 36.9 Å². The zero-order valence-electron chi connectivity index (χ0n) is 13.4. The minimum atomic E-state index is -3.88. The zero-order chi connectivity index (χ0) is 17.5. The van der Waals surface area contributed by atoms with E-state index in [1.807, 2.05) is 6.92 Å². The Labute approximate surface area is 141 Å². The number of likely N-dealkylation sites (N-methyl/N-ethyl adjacent to an activating group) is 1. The minimum absolute atomic E-state index is 0.0372. The fourth-order valence-corrected chi connectivity index (χ4v) is 4.68. The van der Waals surface area contributed by atoms with Gasteiger partial charge in [-0.3, -0.25) is 9.59 Å². The largest absolute Gasteiger partial charge is 0.292 e. The Hall–Kier alpha value is -2.31. The third kappa shape index (κ3) is 2.48. The van der Waals surface area contributed by atoms with Crippen LogP contribution in [0.3, 0.4) is 0 Å². The normalized spacial score (nSPS) is 19.8. The number of benzene rings is 2. The van der Waals surface area contributed by atoms with Gasteiger partial charge in [-0.05, 0) is 19.1 Å². The molecule has 0 aromatic heterocycles. The van der Waals surface area contributed by atoms with Crippen LogP contribution in [0, 0.1) is 6.92 Å². The summed E-state index contributed by atoms with van der Waals surface area (Å²) in [5, 5.41) is 0. The van der Waals surface area contributed by atoms with Crippen LogP contribution in [0.15, 0.2) is 53.4 Å². The number of ketones is 2. The quantitative estimate of drug-likeness (QED) is 0.634. The Balaban J connectivity index is 2.15. The molecule has 0 bridgehead atoms. The number of nitrogens with zero attached hydrogens (tertiary/aromatic N) is 1. The maximum absolute atomic E-state index is 12.9. The lowest BCUT2D eigenvalue weighted by Crippen LogP contribution is -2.53. The second kappa shape index (κ2) is 5.96. The summed E-state index contributed by atoms with van der Waals surface area (Å²) in [5.74, 6) is -0.979. The summed E-state index contributed by atoms with van der Waals surface area (Å²) in [5.41, 5.74) is 1.38. The first-order valence-corrected chi connectivity index (χ1v) is 9.08. The van der Waals surface area contributed by atoms with E-state index in [9.17, 15) is 18.0 Å². The summed E-state index contributed by atoms with van der Waals surface area (Å²) in [6.07, 6.45) is 0. The molecular weight excluding hydrogens is 326 g/mol. The maximum atomic E-state index is 12.9. The molecule has 0 aliphatic carbocycles. The van der Waals surface area contributed by atoms with Gasteiger partial charge >= 0.3 is 0 Å². The second-order valence-electron chi connectivity index (χ2n) is 5.70. The lowest BCUT2D eigenvalue weighted by Gasteiger charge is -2.33. The summed E-state index contributed by atoms with van der Waals surface area (Å²) in [7, 11) is -3.88. The first-order chi connectivity index (χ1) is 11.4. The van der Waals surface area contributed by atoms with Gasteiger partial charge in [-0.25, -0.2) is 8.42 Å². The predicted molar refractivity (Wildman–Crippen MR) is 89.6 cm³/mol.